The molecule has 1 rings (SSSR count). The van der Waals surface area contributed by atoms with Gasteiger partial charge in [0.15, 0.2) is 0 Å². The summed E-state index contributed by atoms with van der Waals surface area (Å²) in [7, 11) is -2.04. The predicted octanol–water partition coefficient (Wildman–Crippen LogP) is 1.94. The highest BCUT2D eigenvalue weighted by molar-refractivity contribution is 7.85. The summed E-state index contributed by atoms with van der Waals surface area (Å²) in [6, 6.07) is 5.50. The van der Waals surface area contributed by atoms with Crippen molar-refractivity contribution in [2.45, 2.75) is 11.1 Å². The molecule has 0 saturated heterocycles. The zero-order valence-electron chi connectivity index (χ0n) is 7.04. The quantitative estimate of drug-likeness (QED) is 0.778. The summed E-state index contributed by atoms with van der Waals surface area (Å²) < 4.78 is 46.7. The average molecular weight is 223 g/mol. The number of hydrogen-bond acceptors (Lipinski definition) is 2. The van der Waals surface area contributed by atoms with Crippen LogP contribution >= 0.6 is 0 Å². The third kappa shape index (κ3) is 3.37. The summed E-state index contributed by atoms with van der Waals surface area (Å²) in [5.41, 5.74) is 5.76. The molecule has 0 aliphatic rings. The van der Waals surface area contributed by atoms with E-state index in [1.54, 1.807) is 0 Å². The third-order valence-corrected chi connectivity index (χ3v) is 2.83. The number of benzene rings is 1. The van der Waals surface area contributed by atoms with Gasteiger partial charge in [0.2, 0.25) is 0 Å². The minimum absolute atomic E-state index is 0.136. The van der Waals surface area contributed by atoms with Crippen LogP contribution in [0.1, 0.15) is 0 Å². The van der Waals surface area contributed by atoms with Crippen molar-refractivity contribution in [3.63, 3.8) is 0 Å². The molecule has 2 N–H and O–H groups in total. The van der Waals surface area contributed by atoms with Gasteiger partial charge in [-0.2, -0.15) is 13.2 Å². The largest absolute Gasteiger partial charge is 0.400 e. The number of hydrogen-bond donors (Lipinski definition) is 1. The lowest BCUT2D eigenvalue weighted by molar-refractivity contribution is -0.105. The van der Waals surface area contributed by atoms with Gasteiger partial charge in [0.25, 0.3) is 0 Å². The van der Waals surface area contributed by atoms with Gasteiger partial charge in [0.1, 0.15) is 5.75 Å². The molecule has 0 heterocycles. The van der Waals surface area contributed by atoms with Crippen LogP contribution in [0.3, 0.4) is 0 Å². The molecule has 0 aromatic heterocycles. The maximum Gasteiger partial charge on any atom is 0.400 e. The second-order valence-corrected chi connectivity index (χ2v) is 4.13. The molecule has 1 unspecified atom stereocenters. The molecule has 0 saturated carbocycles. The molecule has 14 heavy (non-hydrogen) atoms. The van der Waals surface area contributed by atoms with Crippen molar-refractivity contribution in [3.8, 4) is 0 Å². The molecule has 1 aromatic rings. The molecule has 6 heteroatoms. The van der Waals surface area contributed by atoms with Crippen molar-refractivity contribution >= 4 is 16.5 Å². The van der Waals surface area contributed by atoms with Crippen LogP contribution in [0.5, 0.6) is 0 Å². The lowest BCUT2D eigenvalue weighted by atomic mass is 10.3. The first-order valence-electron chi connectivity index (χ1n) is 3.69. The van der Waals surface area contributed by atoms with E-state index in [-0.39, 0.29) is 4.90 Å². The van der Waals surface area contributed by atoms with Gasteiger partial charge >= 0.3 is 6.18 Å². The molecule has 0 fully saturated rings. The van der Waals surface area contributed by atoms with Gasteiger partial charge in [-0.05, 0) is 24.3 Å². The molecule has 0 radical (unpaired) electrons. The Bertz CT molecular complexity index is 333. The van der Waals surface area contributed by atoms with Gasteiger partial charge < -0.3 is 5.73 Å². The number of anilines is 1. The molecular formula is C8H8F3NOS. The maximum atomic E-state index is 11.9. The first kappa shape index (κ1) is 11.0. The van der Waals surface area contributed by atoms with E-state index >= 15 is 0 Å². The Balaban J connectivity index is 2.76. The number of nitrogens with two attached hydrogens (primary N) is 1. The van der Waals surface area contributed by atoms with Crippen molar-refractivity contribution in [3.05, 3.63) is 24.3 Å². The van der Waals surface area contributed by atoms with Crippen molar-refractivity contribution in [2.75, 3.05) is 11.5 Å². The third-order valence-electron chi connectivity index (χ3n) is 1.44. The van der Waals surface area contributed by atoms with Crippen molar-refractivity contribution in [2.24, 2.45) is 0 Å². The summed E-state index contributed by atoms with van der Waals surface area (Å²) in [5, 5.41) is 0. The van der Waals surface area contributed by atoms with Crippen LogP contribution in [0.4, 0.5) is 18.9 Å². The van der Waals surface area contributed by atoms with E-state index in [2.05, 4.69) is 0 Å². The Labute approximate surface area is 81.4 Å². The minimum Gasteiger partial charge on any atom is -0.399 e. The van der Waals surface area contributed by atoms with Gasteiger partial charge in [-0.15, -0.1) is 0 Å². The first-order valence-corrected chi connectivity index (χ1v) is 5.01. The lowest BCUT2D eigenvalue weighted by Crippen LogP contribution is -2.18. The molecule has 0 aliphatic heterocycles. The fraction of sp³-hybridized carbons (Fsp3) is 0.250. The molecule has 0 bridgehead atoms. The van der Waals surface area contributed by atoms with Crippen LogP contribution in [-0.4, -0.2) is 16.1 Å². The Kier molecular flexibility index (Phi) is 3.15. The first-order chi connectivity index (χ1) is 6.38. The van der Waals surface area contributed by atoms with Crippen molar-refractivity contribution < 1.29 is 17.4 Å². The summed E-state index contributed by atoms with van der Waals surface area (Å²) >= 11 is 0. The van der Waals surface area contributed by atoms with Gasteiger partial charge in [-0.25, -0.2) is 0 Å². The molecule has 2 nitrogen and oxygen atoms in total. The summed E-state index contributed by atoms with van der Waals surface area (Å²) in [4.78, 5) is 0.136. The Hall–Kier alpha value is -1.04. The van der Waals surface area contributed by atoms with Crippen molar-refractivity contribution in [1.29, 1.82) is 0 Å². The number of nitrogen functional groups attached to an aromatic ring is 1. The van der Waals surface area contributed by atoms with Crippen LogP contribution < -0.4 is 5.73 Å². The second kappa shape index (κ2) is 4.00. The van der Waals surface area contributed by atoms with Gasteiger partial charge in [0, 0.05) is 10.6 Å². The molecule has 1 aromatic carbocycles. The Morgan fingerprint density at radius 3 is 2.14 bits per heavy atom. The standard InChI is InChI=1S/C8H8F3NOS/c9-8(10,11)5-14(13)7-3-1-6(12)2-4-7/h1-4H,5,12H2. The van der Waals surface area contributed by atoms with E-state index in [0.29, 0.717) is 5.69 Å². The van der Waals surface area contributed by atoms with E-state index < -0.39 is 22.7 Å². The zero-order valence-corrected chi connectivity index (χ0v) is 7.86. The molecular weight excluding hydrogens is 215 g/mol. The van der Waals surface area contributed by atoms with Crippen LogP contribution in [0.15, 0.2) is 29.2 Å². The SMILES string of the molecule is Nc1ccc(S(=O)CC(F)(F)F)cc1. The molecule has 0 amide bonds. The summed E-state index contributed by atoms with van der Waals surface area (Å²) in [5.74, 6) is -1.32. The van der Waals surface area contributed by atoms with Crippen LogP contribution in [0.2, 0.25) is 0 Å². The van der Waals surface area contributed by atoms with E-state index in [1.807, 2.05) is 0 Å². The molecule has 0 aliphatic carbocycles. The van der Waals surface area contributed by atoms with Crippen LogP contribution in [0, 0.1) is 0 Å². The van der Waals surface area contributed by atoms with Gasteiger partial charge in [-0.3, -0.25) is 4.21 Å². The molecule has 78 valence electrons. The van der Waals surface area contributed by atoms with E-state index in [1.165, 1.54) is 24.3 Å². The van der Waals surface area contributed by atoms with Crippen molar-refractivity contribution in [1.82, 2.24) is 0 Å². The van der Waals surface area contributed by atoms with Gasteiger partial charge in [0.05, 0.1) is 10.8 Å². The fourth-order valence-corrected chi connectivity index (χ4v) is 1.76. The van der Waals surface area contributed by atoms with E-state index in [4.69, 9.17) is 5.73 Å². The predicted molar refractivity (Wildman–Crippen MR) is 48.2 cm³/mol. The normalized spacial score (nSPS) is 13.9. The second-order valence-electron chi connectivity index (χ2n) is 2.67. The van der Waals surface area contributed by atoms with Crippen LogP contribution in [-0.2, 0) is 10.8 Å². The number of halogens is 3. The highest BCUT2D eigenvalue weighted by Gasteiger charge is 2.30. The Morgan fingerprint density at radius 2 is 1.71 bits per heavy atom. The summed E-state index contributed by atoms with van der Waals surface area (Å²) in [6.07, 6.45) is -4.41. The highest BCUT2D eigenvalue weighted by Crippen LogP contribution is 2.20. The van der Waals surface area contributed by atoms with Gasteiger partial charge in [-0.1, -0.05) is 0 Å². The Morgan fingerprint density at radius 1 is 1.21 bits per heavy atom. The van der Waals surface area contributed by atoms with E-state index in [0.717, 1.165) is 0 Å². The minimum atomic E-state index is -4.41. The summed E-state index contributed by atoms with van der Waals surface area (Å²) in [6.45, 7) is 0. The van der Waals surface area contributed by atoms with E-state index in [9.17, 15) is 17.4 Å². The smallest absolute Gasteiger partial charge is 0.399 e. The van der Waals surface area contributed by atoms with Crippen LogP contribution in [0.25, 0.3) is 0 Å². The topological polar surface area (TPSA) is 43.1 Å². The monoisotopic (exact) mass is 223 g/mol. The number of alkyl halides is 3. The molecule has 1 atom stereocenters. The average Bonchev–Trinajstić information content (AvgIpc) is 2.02. The lowest BCUT2D eigenvalue weighted by Gasteiger charge is -2.05. The maximum absolute atomic E-state index is 11.9. The zero-order chi connectivity index (χ0) is 10.8. The molecule has 0 spiro atoms. The highest BCUT2D eigenvalue weighted by atomic mass is 32.2. The fourth-order valence-electron chi connectivity index (χ4n) is 0.852. The number of rotatable bonds is 2.